The third-order valence-electron chi connectivity index (χ3n) is 3.31. The maximum Gasteiger partial charge on any atom is 0.268 e. The van der Waals surface area contributed by atoms with Crippen molar-refractivity contribution < 1.29 is 9.53 Å². The Morgan fingerprint density at radius 2 is 2.21 bits per heavy atom. The van der Waals surface area contributed by atoms with E-state index in [-0.39, 0.29) is 5.91 Å². The van der Waals surface area contributed by atoms with Gasteiger partial charge in [-0.25, -0.2) is 0 Å². The van der Waals surface area contributed by atoms with Crippen molar-refractivity contribution >= 4 is 16.8 Å². The number of methoxy groups -OCH3 is 1. The Bertz CT molecular complexity index is 587. The molecule has 2 N–H and O–H groups in total. The van der Waals surface area contributed by atoms with Crippen molar-refractivity contribution in [3.05, 3.63) is 29.5 Å². The van der Waals surface area contributed by atoms with Crippen molar-refractivity contribution in [1.29, 1.82) is 0 Å². The average Bonchev–Trinajstić information content (AvgIpc) is 2.76. The highest BCUT2D eigenvalue weighted by Gasteiger charge is 2.14. The molecule has 2 aromatic rings. The number of amides is 1. The highest BCUT2D eigenvalue weighted by atomic mass is 16.5. The first-order valence-electron chi connectivity index (χ1n) is 6.62. The zero-order chi connectivity index (χ0) is 13.8. The molecule has 0 atom stereocenters. The lowest BCUT2D eigenvalue weighted by Gasteiger charge is -2.03. The Morgan fingerprint density at radius 3 is 2.89 bits per heavy atom. The molecule has 0 fully saturated rings. The van der Waals surface area contributed by atoms with Crippen molar-refractivity contribution in [2.75, 3.05) is 13.7 Å². The monoisotopic (exact) mass is 260 g/mol. The van der Waals surface area contributed by atoms with Crippen LogP contribution in [0, 0.1) is 6.92 Å². The summed E-state index contributed by atoms with van der Waals surface area (Å²) in [7, 11) is 1.64. The molecular weight excluding hydrogens is 240 g/mol. The minimum atomic E-state index is -0.0406. The third kappa shape index (κ3) is 2.72. The van der Waals surface area contributed by atoms with E-state index < -0.39 is 0 Å². The van der Waals surface area contributed by atoms with Crippen LogP contribution in [0.3, 0.4) is 0 Å². The van der Waals surface area contributed by atoms with Crippen LogP contribution in [-0.2, 0) is 0 Å². The first-order chi connectivity index (χ1) is 9.17. The van der Waals surface area contributed by atoms with Gasteiger partial charge in [0.05, 0.1) is 7.11 Å². The molecule has 0 radical (unpaired) electrons. The number of aromatic nitrogens is 1. The van der Waals surface area contributed by atoms with Gasteiger partial charge in [-0.1, -0.05) is 13.3 Å². The molecule has 4 nitrogen and oxygen atoms in total. The van der Waals surface area contributed by atoms with Crippen molar-refractivity contribution in [2.45, 2.75) is 26.7 Å². The van der Waals surface area contributed by atoms with Gasteiger partial charge in [0.2, 0.25) is 0 Å². The summed E-state index contributed by atoms with van der Waals surface area (Å²) in [6.45, 7) is 4.77. The van der Waals surface area contributed by atoms with Crippen LogP contribution in [0.4, 0.5) is 0 Å². The number of aromatic amines is 1. The summed E-state index contributed by atoms with van der Waals surface area (Å²) in [5.41, 5.74) is 2.56. The van der Waals surface area contributed by atoms with E-state index in [9.17, 15) is 4.79 Å². The molecule has 0 saturated carbocycles. The van der Waals surface area contributed by atoms with Crippen LogP contribution in [0.1, 0.15) is 35.8 Å². The molecule has 0 saturated heterocycles. The summed E-state index contributed by atoms with van der Waals surface area (Å²) in [5.74, 6) is 0.758. The number of fused-ring (bicyclic) bond motifs is 1. The molecule has 19 heavy (non-hydrogen) atoms. The second kappa shape index (κ2) is 5.78. The molecule has 0 aliphatic rings. The van der Waals surface area contributed by atoms with Gasteiger partial charge in [0.25, 0.3) is 5.91 Å². The van der Waals surface area contributed by atoms with Gasteiger partial charge < -0.3 is 15.0 Å². The number of unbranched alkanes of at least 4 members (excludes halogenated alkanes) is 1. The van der Waals surface area contributed by atoms with Gasteiger partial charge in [-0.05, 0) is 37.1 Å². The van der Waals surface area contributed by atoms with E-state index in [0.29, 0.717) is 12.2 Å². The fourth-order valence-corrected chi connectivity index (χ4v) is 2.13. The average molecular weight is 260 g/mol. The van der Waals surface area contributed by atoms with Crippen LogP contribution in [0.15, 0.2) is 18.2 Å². The molecule has 1 amide bonds. The molecule has 0 bridgehead atoms. The van der Waals surface area contributed by atoms with Gasteiger partial charge in [0.1, 0.15) is 11.4 Å². The van der Waals surface area contributed by atoms with E-state index in [1.165, 1.54) is 0 Å². The van der Waals surface area contributed by atoms with E-state index >= 15 is 0 Å². The number of H-pyrrole nitrogens is 1. The topological polar surface area (TPSA) is 54.1 Å². The first kappa shape index (κ1) is 13.5. The summed E-state index contributed by atoms with van der Waals surface area (Å²) < 4.78 is 5.21. The number of carbonyl (C=O) groups excluding carboxylic acids is 1. The van der Waals surface area contributed by atoms with E-state index in [2.05, 4.69) is 17.2 Å². The van der Waals surface area contributed by atoms with Crippen molar-refractivity contribution in [3.63, 3.8) is 0 Å². The Balaban J connectivity index is 2.29. The SMILES string of the molecule is CCCCNC(=O)c1[nH]c2ccc(OC)cc2c1C. The van der Waals surface area contributed by atoms with Gasteiger partial charge in [-0.2, -0.15) is 0 Å². The van der Waals surface area contributed by atoms with Crippen molar-refractivity contribution in [1.82, 2.24) is 10.3 Å². The quantitative estimate of drug-likeness (QED) is 0.812. The minimum absolute atomic E-state index is 0.0406. The molecule has 4 heteroatoms. The number of nitrogens with one attached hydrogen (secondary N) is 2. The zero-order valence-electron chi connectivity index (χ0n) is 11.7. The third-order valence-corrected chi connectivity index (χ3v) is 3.31. The molecule has 0 spiro atoms. The van der Waals surface area contributed by atoms with E-state index in [1.54, 1.807) is 7.11 Å². The highest BCUT2D eigenvalue weighted by Crippen LogP contribution is 2.25. The van der Waals surface area contributed by atoms with E-state index in [4.69, 9.17) is 4.74 Å². The normalized spacial score (nSPS) is 10.7. The predicted molar refractivity (Wildman–Crippen MR) is 76.8 cm³/mol. The van der Waals surface area contributed by atoms with Gasteiger partial charge in [0.15, 0.2) is 0 Å². The van der Waals surface area contributed by atoms with Crippen LogP contribution in [0.5, 0.6) is 5.75 Å². The van der Waals surface area contributed by atoms with Gasteiger partial charge in [-0.3, -0.25) is 4.79 Å². The Kier molecular flexibility index (Phi) is 4.10. The number of carbonyl (C=O) groups is 1. The number of rotatable bonds is 5. The predicted octanol–water partition coefficient (Wildman–Crippen LogP) is 3.01. The zero-order valence-corrected chi connectivity index (χ0v) is 11.7. The fraction of sp³-hybridized carbons (Fsp3) is 0.400. The first-order valence-corrected chi connectivity index (χ1v) is 6.62. The molecule has 1 aromatic heterocycles. The number of hydrogen-bond acceptors (Lipinski definition) is 2. The molecule has 0 aliphatic carbocycles. The molecule has 1 aromatic carbocycles. The number of benzene rings is 1. The lowest BCUT2D eigenvalue weighted by Crippen LogP contribution is -2.25. The fourth-order valence-electron chi connectivity index (χ4n) is 2.13. The van der Waals surface area contributed by atoms with E-state index in [0.717, 1.165) is 35.1 Å². The summed E-state index contributed by atoms with van der Waals surface area (Å²) in [6.07, 6.45) is 2.07. The largest absolute Gasteiger partial charge is 0.497 e. The van der Waals surface area contributed by atoms with Crippen LogP contribution in [0.25, 0.3) is 10.9 Å². The lowest BCUT2D eigenvalue weighted by atomic mass is 10.1. The molecule has 0 unspecified atom stereocenters. The standard InChI is InChI=1S/C15H20N2O2/c1-4-5-8-16-15(18)14-10(2)12-9-11(19-3)6-7-13(12)17-14/h6-7,9,17H,4-5,8H2,1-3H3,(H,16,18). The minimum Gasteiger partial charge on any atom is -0.497 e. The van der Waals surface area contributed by atoms with Crippen molar-refractivity contribution in [3.8, 4) is 5.75 Å². The number of hydrogen-bond donors (Lipinski definition) is 2. The van der Waals surface area contributed by atoms with Gasteiger partial charge in [0, 0.05) is 17.4 Å². The van der Waals surface area contributed by atoms with Crippen molar-refractivity contribution in [2.24, 2.45) is 0 Å². The summed E-state index contributed by atoms with van der Waals surface area (Å²) in [6, 6.07) is 5.77. The maximum atomic E-state index is 12.1. The summed E-state index contributed by atoms with van der Waals surface area (Å²) in [4.78, 5) is 15.3. The molecule has 0 aliphatic heterocycles. The summed E-state index contributed by atoms with van der Waals surface area (Å²) >= 11 is 0. The smallest absolute Gasteiger partial charge is 0.268 e. The van der Waals surface area contributed by atoms with Crippen LogP contribution < -0.4 is 10.1 Å². The molecule has 2 rings (SSSR count). The second-order valence-electron chi connectivity index (χ2n) is 4.65. The molecule has 1 heterocycles. The van der Waals surface area contributed by atoms with Crippen LogP contribution in [0.2, 0.25) is 0 Å². The van der Waals surface area contributed by atoms with Crippen LogP contribution >= 0.6 is 0 Å². The lowest BCUT2D eigenvalue weighted by molar-refractivity contribution is 0.0948. The second-order valence-corrected chi connectivity index (χ2v) is 4.65. The Labute approximate surface area is 113 Å². The highest BCUT2D eigenvalue weighted by molar-refractivity contribution is 6.01. The Hall–Kier alpha value is -1.97. The maximum absolute atomic E-state index is 12.1. The number of ether oxygens (including phenoxy) is 1. The number of aryl methyl sites for hydroxylation is 1. The molecule has 102 valence electrons. The van der Waals surface area contributed by atoms with Gasteiger partial charge >= 0.3 is 0 Å². The van der Waals surface area contributed by atoms with E-state index in [1.807, 2.05) is 25.1 Å². The van der Waals surface area contributed by atoms with Gasteiger partial charge in [-0.15, -0.1) is 0 Å². The van der Waals surface area contributed by atoms with Crippen LogP contribution in [-0.4, -0.2) is 24.5 Å². The molecular formula is C15H20N2O2. The summed E-state index contributed by atoms with van der Waals surface area (Å²) in [5, 5.41) is 3.96. The Morgan fingerprint density at radius 1 is 1.42 bits per heavy atom.